The summed E-state index contributed by atoms with van der Waals surface area (Å²) in [5.41, 5.74) is 7.18. The molecular weight excluding hydrogens is 962 g/mol. The van der Waals surface area contributed by atoms with E-state index in [-0.39, 0.29) is 49.8 Å². The normalized spacial score (nSPS) is 15.2. The molecule has 0 spiro atoms. The Balaban J connectivity index is 0.00000765. The maximum absolute atomic E-state index is 12.3. The van der Waals surface area contributed by atoms with E-state index in [4.69, 9.17) is 26.4 Å². The molecular formula is C59H54N3OPt-. The van der Waals surface area contributed by atoms with Crippen molar-refractivity contribution in [3.05, 3.63) is 192 Å². The molecule has 322 valence electrons. The van der Waals surface area contributed by atoms with Gasteiger partial charge in [-0.15, -0.1) is 23.8 Å². The maximum Gasteiger partial charge on any atom is 0.148 e. The van der Waals surface area contributed by atoms with E-state index in [9.17, 15) is 5.11 Å². The van der Waals surface area contributed by atoms with E-state index in [0.29, 0.717) is 61.6 Å². The van der Waals surface area contributed by atoms with Crippen LogP contribution in [0.1, 0.15) is 98.8 Å². The Hall–Kier alpha value is -6.35. The van der Waals surface area contributed by atoms with Gasteiger partial charge in [-0.2, -0.15) is 0 Å². The van der Waals surface area contributed by atoms with Crippen LogP contribution in [0.4, 0.5) is 0 Å². The van der Waals surface area contributed by atoms with Crippen LogP contribution in [0.15, 0.2) is 164 Å². The second kappa shape index (κ2) is 18.0. The van der Waals surface area contributed by atoms with Crippen LogP contribution in [-0.2, 0) is 26.5 Å². The van der Waals surface area contributed by atoms with Gasteiger partial charge in [-0.1, -0.05) is 180 Å². The summed E-state index contributed by atoms with van der Waals surface area (Å²) in [7, 11) is 0. The zero-order valence-electron chi connectivity index (χ0n) is 47.8. The first-order valence-electron chi connectivity index (χ1n) is 27.1. The number of hydrogen-bond acceptors (Lipinski definition) is 3. The van der Waals surface area contributed by atoms with Crippen LogP contribution in [-0.4, -0.2) is 19.6 Å². The smallest absolute Gasteiger partial charge is 0.148 e. The van der Waals surface area contributed by atoms with Crippen LogP contribution in [0.3, 0.4) is 0 Å². The Bertz CT molecular complexity index is 3530. The predicted octanol–water partition coefficient (Wildman–Crippen LogP) is 15.8. The summed E-state index contributed by atoms with van der Waals surface area (Å²) in [6.45, 7) is -4.56. The minimum Gasteiger partial charge on any atom is -0.507 e. The third-order valence-corrected chi connectivity index (χ3v) is 11.7. The summed E-state index contributed by atoms with van der Waals surface area (Å²) < 4.78 is 102. The molecule has 0 atom stereocenters. The number of aromatic nitrogens is 3. The Morgan fingerprint density at radius 3 is 1.94 bits per heavy atom. The van der Waals surface area contributed by atoms with Gasteiger partial charge in [0.05, 0.1) is 22.3 Å². The van der Waals surface area contributed by atoms with Crippen molar-refractivity contribution in [3.8, 4) is 78.6 Å². The number of phenols is 1. The van der Waals surface area contributed by atoms with Gasteiger partial charge in [-0.25, -0.2) is 4.98 Å². The van der Waals surface area contributed by atoms with Crippen molar-refractivity contribution in [2.45, 2.75) is 72.4 Å². The average molecular weight is 1030 g/mol. The van der Waals surface area contributed by atoms with E-state index in [0.717, 1.165) is 33.4 Å². The summed E-state index contributed by atoms with van der Waals surface area (Å²) in [6.07, 6.45) is 1.61. The van der Waals surface area contributed by atoms with Crippen LogP contribution in [0, 0.1) is 12.9 Å². The van der Waals surface area contributed by atoms with Gasteiger partial charge in [0.15, 0.2) is 0 Å². The predicted molar refractivity (Wildman–Crippen MR) is 264 cm³/mol. The standard InChI is InChI=1S/C59H54N3O.Pt/c1-37(2)45-34-51(38(3)4)57(63)52(35-45)58-61-56-50(20-15-21-55(56)62(58)54-27-24-43(30-39(54)5)40-16-11-9-12-17-40)47-31-46(41-18-13-10-14-19-41)32-48(33-47)53-36-44(28-29-60-53)42-22-25-49(26-23-42)59(6,7)8;/h9-32,34-38,63H,1-8H3;/q-1;/i5D3,6D3,7D3,8D3;. The van der Waals surface area contributed by atoms with Crippen LogP contribution < -0.4 is 0 Å². The molecule has 0 saturated carbocycles. The molecule has 64 heavy (non-hydrogen) atoms. The first-order valence-corrected chi connectivity index (χ1v) is 21.1. The Kier molecular flexibility index (Phi) is 8.87. The second-order valence-corrected chi connectivity index (χ2v) is 16.7. The number of aryl methyl sites for hydroxylation is 1. The molecule has 0 bridgehead atoms. The number of benzene rings is 7. The second-order valence-electron chi connectivity index (χ2n) is 16.7. The van der Waals surface area contributed by atoms with Crippen molar-refractivity contribution >= 4 is 11.0 Å². The zero-order valence-corrected chi connectivity index (χ0v) is 38.1. The molecule has 0 saturated heterocycles. The average Bonchev–Trinajstić information content (AvgIpc) is 3.85. The Labute approximate surface area is 409 Å². The minimum atomic E-state index is -3.40. The molecule has 0 radical (unpaired) electrons. The number of pyridine rings is 1. The van der Waals surface area contributed by atoms with Crippen LogP contribution in [0.25, 0.3) is 83.9 Å². The molecule has 4 nitrogen and oxygen atoms in total. The minimum absolute atomic E-state index is 0. The van der Waals surface area contributed by atoms with Gasteiger partial charge in [0, 0.05) is 49.4 Å². The quantitative estimate of drug-likeness (QED) is 0.147. The van der Waals surface area contributed by atoms with Crippen molar-refractivity contribution in [1.29, 1.82) is 0 Å². The molecule has 0 fully saturated rings. The molecule has 0 amide bonds. The molecule has 9 aromatic rings. The summed E-state index contributed by atoms with van der Waals surface area (Å²) in [4.78, 5) is 10.2. The molecule has 2 aromatic heterocycles. The van der Waals surface area contributed by atoms with Crippen molar-refractivity contribution in [3.63, 3.8) is 0 Å². The largest absolute Gasteiger partial charge is 0.507 e. The van der Waals surface area contributed by atoms with E-state index in [1.807, 2.05) is 140 Å². The Morgan fingerprint density at radius 1 is 0.609 bits per heavy atom. The fourth-order valence-corrected chi connectivity index (χ4v) is 8.23. The molecule has 1 N–H and O–H groups in total. The summed E-state index contributed by atoms with van der Waals surface area (Å²) in [5.74, 6) is 0.437. The topological polar surface area (TPSA) is 50.9 Å². The molecule has 2 heterocycles. The summed E-state index contributed by atoms with van der Waals surface area (Å²) >= 11 is 0. The number of aromatic hydroxyl groups is 1. The van der Waals surface area contributed by atoms with Gasteiger partial charge in [-0.05, 0) is 105 Å². The van der Waals surface area contributed by atoms with Crippen molar-refractivity contribution in [2.75, 3.05) is 0 Å². The van der Waals surface area contributed by atoms with Gasteiger partial charge in [0.25, 0.3) is 0 Å². The summed E-state index contributed by atoms with van der Waals surface area (Å²) in [5, 5.41) is 12.3. The number of nitrogens with zero attached hydrogens (tertiary/aromatic N) is 3. The molecule has 0 aliphatic carbocycles. The molecule has 5 heteroatoms. The Morgan fingerprint density at radius 2 is 1.27 bits per heavy atom. The molecule has 0 unspecified atom stereocenters. The van der Waals surface area contributed by atoms with Crippen LogP contribution in [0.2, 0.25) is 0 Å². The van der Waals surface area contributed by atoms with Crippen LogP contribution >= 0.6 is 0 Å². The number of imidazole rings is 1. The van der Waals surface area contributed by atoms with E-state index in [1.54, 1.807) is 18.3 Å². The fraction of sp³-hybridized carbons (Fsp3) is 0.186. The van der Waals surface area contributed by atoms with Gasteiger partial charge in [-0.3, -0.25) is 9.55 Å². The van der Waals surface area contributed by atoms with Crippen molar-refractivity contribution in [1.82, 2.24) is 14.5 Å². The number of fused-ring (bicyclic) bond motifs is 1. The number of rotatable bonds is 9. The first kappa shape index (κ1) is 31.5. The third-order valence-electron chi connectivity index (χ3n) is 11.7. The molecule has 0 aliphatic heterocycles. The third kappa shape index (κ3) is 8.65. The van der Waals surface area contributed by atoms with Gasteiger partial charge in [0.2, 0.25) is 0 Å². The fourth-order valence-electron chi connectivity index (χ4n) is 8.23. The van der Waals surface area contributed by atoms with Crippen LogP contribution in [0.5, 0.6) is 5.75 Å². The molecule has 7 aromatic carbocycles. The number of phenolic OH excluding ortho intramolecular Hbond substituents is 1. The maximum atomic E-state index is 12.3. The molecule has 9 rings (SSSR count). The van der Waals surface area contributed by atoms with Gasteiger partial charge >= 0.3 is 0 Å². The number of para-hydroxylation sites is 1. The molecule has 0 aliphatic rings. The van der Waals surface area contributed by atoms with E-state index >= 15 is 0 Å². The zero-order chi connectivity index (χ0) is 54.0. The SMILES string of the molecule is [2H]C([2H])([2H])c1cc(-c2ccccc2)ccc1-n1c(-c2cc(C(C)C)cc(C(C)C)c2O)nc2c(-c3[c-]c(-c4cc(-c5ccc(C(C([2H])([2H])[2H])(C([2H])([2H])[2H])C([2H])([2H])[2H])cc5)ccn4)cc(-c4ccccc4)c3)cccc21.[Pt]. The van der Waals surface area contributed by atoms with Gasteiger partial charge < -0.3 is 5.11 Å². The first-order chi connectivity index (χ1) is 35.3. The van der Waals surface area contributed by atoms with E-state index in [2.05, 4.69) is 19.9 Å². The van der Waals surface area contributed by atoms with Gasteiger partial charge in [0.1, 0.15) is 11.6 Å². The summed E-state index contributed by atoms with van der Waals surface area (Å²) in [6, 6.07) is 51.2. The van der Waals surface area contributed by atoms with Crippen molar-refractivity contribution in [2.24, 2.45) is 0 Å². The van der Waals surface area contributed by atoms with E-state index in [1.165, 1.54) is 24.3 Å². The number of hydrogen-bond donors (Lipinski definition) is 1. The monoisotopic (exact) mass is 1030 g/mol. The van der Waals surface area contributed by atoms with Crippen molar-refractivity contribution < 1.29 is 42.6 Å². The van der Waals surface area contributed by atoms with E-state index < -0.39 is 32.8 Å².